The highest BCUT2D eigenvalue weighted by molar-refractivity contribution is 7.14. The minimum atomic E-state index is -0.920. The van der Waals surface area contributed by atoms with Crippen molar-refractivity contribution in [1.29, 1.82) is 0 Å². The fourth-order valence-corrected chi connectivity index (χ4v) is 3.87. The number of rotatable bonds is 3. The van der Waals surface area contributed by atoms with Crippen LogP contribution in [0.5, 0.6) is 5.75 Å². The van der Waals surface area contributed by atoms with Gasteiger partial charge >= 0.3 is 5.97 Å². The number of aryl methyl sites for hydroxylation is 1. The number of thiophene rings is 1. The van der Waals surface area contributed by atoms with Gasteiger partial charge in [0.25, 0.3) is 0 Å². The Morgan fingerprint density at radius 2 is 2.19 bits per heavy atom. The van der Waals surface area contributed by atoms with Gasteiger partial charge in [-0.15, -0.1) is 11.3 Å². The highest BCUT2D eigenvalue weighted by atomic mass is 32.1. The maximum atomic E-state index is 11.3. The Kier molecular flexibility index (Phi) is 4.19. The Labute approximate surface area is 127 Å². The molecule has 0 aromatic carbocycles. The number of aromatic carboxylic acids is 1. The summed E-state index contributed by atoms with van der Waals surface area (Å²) < 4.78 is 17.4. The van der Waals surface area contributed by atoms with E-state index in [0.29, 0.717) is 17.2 Å². The van der Waals surface area contributed by atoms with E-state index in [4.69, 9.17) is 14.2 Å². The van der Waals surface area contributed by atoms with Crippen LogP contribution in [-0.2, 0) is 9.47 Å². The third-order valence-corrected chi connectivity index (χ3v) is 5.18. The first-order valence-corrected chi connectivity index (χ1v) is 8.12. The fraction of sp³-hybridized carbons (Fsp3) is 0.667. The van der Waals surface area contributed by atoms with Crippen LogP contribution in [0.3, 0.4) is 0 Å². The van der Waals surface area contributed by atoms with Crippen LogP contribution < -0.4 is 4.74 Å². The first kappa shape index (κ1) is 14.8. The first-order chi connectivity index (χ1) is 10.1. The average molecular weight is 312 g/mol. The molecule has 1 N–H and O–H groups in total. The van der Waals surface area contributed by atoms with Crippen LogP contribution in [0.15, 0.2) is 6.07 Å². The number of hydrogen-bond donors (Lipinski definition) is 1. The summed E-state index contributed by atoms with van der Waals surface area (Å²) in [5.41, 5.74) is -0.143. The monoisotopic (exact) mass is 312 g/mol. The topological polar surface area (TPSA) is 65.0 Å². The summed E-state index contributed by atoms with van der Waals surface area (Å²) in [5.74, 6) is -0.421. The van der Waals surface area contributed by atoms with E-state index in [9.17, 15) is 9.90 Å². The second kappa shape index (κ2) is 5.94. The van der Waals surface area contributed by atoms with Crippen LogP contribution in [0, 0.1) is 6.92 Å². The lowest BCUT2D eigenvalue weighted by molar-refractivity contribution is -0.155. The second-order valence-electron chi connectivity index (χ2n) is 5.73. The van der Waals surface area contributed by atoms with Crippen molar-refractivity contribution in [2.75, 3.05) is 19.8 Å². The van der Waals surface area contributed by atoms with Crippen molar-refractivity contribution in [3.05, 3.63) is 15.8 Å². The molecule has 0 aliphatic carbocycles. The van der Waals surface area contributed by atoms with Gasteiger partial charge in [-0.3, -0.25) is 0 Å². The number of carbonyl (C=O) groups is 1. The lowest BCUT2D eigenvalue weighted by Crippen LogP contribution is -2.47. The van der Waals surface area contributed by atoms with E-state index in [-0.39, 0.29) is 11.7 Å². The van der Waals surface area contributed by atoms with Gasteiger partial charge in [0.2, 0.25) is 0 Å². The standard InChI is InChI=1S/C15H20O5S/c1-10-8-12(13(21-10)14(16)17)20-11-2-5-19-15(9-11)3-6-18-7-4-15/h8,11H,2-7,9H2,1H3,(H,16,17). The van der Waals surface area contributed by atoms with Crippen molar-refractivity contribution in [2.24, 2.45) is 0 Å². The van der Waals surface area contributed by atoms with Gasteiger partial charge in [0.1, 0.15) is 11.9 Å². The molecule has 2 fully saturated rings. The Morgan fingerprint density at radius 1 is 1.43 bits per heavy atom. The Balaban J connectivity index is 1.71. The summed E-state index contributed by atoms with van der Waals surface area (Å²) in [5, 5.41) is 9.24. The molecule has 1 atom stereocenters. The number of carboxylic acid groups (broad SMARTS) is 1. The molecule has 0 saturated carbocycles. The summed E-state index contributed by atoms with van der Waals surface area (Å²) in [7, 11) is 0. The van der Waals surface area contributed by atoms with Crippen LogP contribution in [0.1, 0.15) is 40.2 Å². The molecular formula is C15H20O5S. The molecule has 0 amide bonds. The van der Waals surface area contributed by atoms with Gasteiger partial charge in [-0.1, -0.05) is 0 Å². The van der Waals surface area contributed by atoms with E-state index in [1.165, 1.54) is 11.3 Å². The zero-order chi connectivity index (χ0) is 14.9. The predicted molar refractivity (Wildman–Crippen MR) is 78.4 cm³/mol. The van der Waals surface area contributed by atoms with Crippen LogP contribution >= 0.6 is 11.3 Å². The van der Waals surface area contributed by atoms with Gasteiger partial charge < -0.3 is 19.3 Å². The van der Waals surface area contributed by atoms with E-state index < -0.39 is 5.97 Å². The summed E-state index contributed by atoms with van der Waals surface area (Å²) in [6.07, 6.45) is 3.41. The normalized spacial score (nSPS) is 24.9. The lowest BCUT2D eigenvalue weighted by atomic mass is 9.85. The molecule has 2 saturated heterocycles. The molecule has 1 aromatic heterocycles. The largest absolute Gasteiger partial charge is 0.488 e. The van der Waals surface area contributed by atoms with Gasteiger partial charge in [-0.25, -0.2) is 4.79 Å². The highest BCUT2D eigenvalue weighted by Crippen LogP contribution is 2.37. The molecule has 2 aliphatic heterocycles. The van der Waals surface area contributed by atoms with Gasteiger partial charge in [0.05, 0.1) is 12.2 Å². The Bertz CT molecular complexity index is 513. The predicted octanol–water partition coefficient (Wildman–Crippen LogP) is 2.86. The van der Waals surface area contributed by atoms with Crippen LogP contribution in [0.4, 0.5) is 0 Å². The van der Waals surface area contributed by atoms with Gasteiger partial charge in [-0.05, 0) is 25.8 Å². The lowest BCUT2D eigenvalue weighted by Gasteiger charge is -2.43. The zero-order valence-electron chi connectivity index (χ0n) is 12.1. The van der Waals surface area contributed by atoms with Crippen LogP contribution in [0.2, 0.25) is 0 Å². The van der Waals surface area contributed by atoms with E-state index >= 15 is 0 Å². The smallest absolute Gasteiger partial charge is 0.349 e. The maximum Gasteiger partial charge on any atom is 0.349 e. The van der Waals surface area contributed by atoms with Crippen molar-refractivity contribution in [2.45, 2.75) is 44.3 Å². The molecule has 0 bridgehead atoms. The van der Waals surface area contributed by atoms with Gasteiger partial charge in [0.15, 0.2) is 4.88 Å². The van der Waals surface area contributed by atoms with Crippen molar-refractivity contribution >= 4 is 17.3 Å². The third-order valence-electron chi connectivity index (χ3n) is 4.16. The molecule has 1 aromatic rings. The van der Waals surface area contributed by atoms with E-state index in [1.807, 2.05) is 13.0 Å². The molecular weight excluding hydrogens is 292 g/mol. The minimum Gasteiger partial charge on any atom is -0.488 e. The molecule has 21 heavy (non-hydrogen) atoms. The SMILES string of the molecule is Cc1cc(OC2CCOC3(CCOCC3)C2)c(C(=O)O)s1. The number of hydrogen-bond acceptors (Lipinski definition) is 5. The van der Waals surface area contributed by atoms with Gasteiger partial charge in [0, 0.05) is 30.9 Å². The van der Waals surface area contributed by atoms with E-state index in [2.05, 4.69) is 0 Å². The van der Waals surface area contributed by atoms with Crippen LogP contribution in [-0.4, -0.2) is 42.6 Å². The first-order valence-electron chi connectivity index (χ1n) is 7.30. The number of carboxylic acids is 1. The van der Waals surface area contributed by atoms with Crippen molar-refractivity contribution < 1.29 is 24.1 Å². The average Bonchev–Trinajstić information content (AvgIpc) is 2.81. The molecule has 1 spiro atoms. The van der Waals surface area contributed by atoms with Crippen molar-refractivity contribution in [3.63, 3.8) is 0 Å². The second-order valence-corrected chi connectivity index (χ2v) is 6.99. The van der Waals surface area contributed by atoms with E-state index in [1.54, 1.807) is 0 Å². The summed E-state index contributed by atoms with van der Waals surface area (Å²) in [4.78, 5) is 12.5. The molecule has 116 valence electrons. The number of ether oxygens (including phenoxy) is 3. The fourth-order valence-electron chi connectivity index (χ4n) is 3.08. The zero-order valence-corrected chi connectivity index (χ0v) is 12.9. The maximum absolute atomic E-state index is 11.3. The summed E-state index contributed by atoms with van der Waals surface area (Å²) in [6.45, 7) is 4.01. The molecule has 1 unspecified atom stereocenters. The van der Waals surface area contributed by atoms with Crippen molar-refractivity contribution in [1.82, 2.24) is 0 Å². The highest BCUT2D eigenvalue weighted by Gasteiger charge is 2.40. The minimum absolute atomic E-state index is 0.0175. The third kappa shape index (κ3) is 3.22. The van der Waals surface area contributed by atoms with Crippen molar-refractivity contribution in [3.8, 4) is 5.75 Å². The molecule has 2 aliphatic rings. The summed E-state index contributed by atoms with van der Waals surface area (Å²) in [6, 6.07) is 1.82. The van der Waals surface area contributed by atoms with Crippen LogP contribution in [0.25, 0.3) is 0 Å². The Hall–Kier alpha value is -1.11. The molecule has 3 heterocycles. The molecule has 0 radical (unpaired) electrons. The molecule has 3 rings (SSSR count). The van der Waals surface area contributed by atoms with E-state index in [0.717, 1.165) is 43.8 Å². The van der Waals surface area contributed by atoms with Gasteiger partial charge in [-0.2, -0.15) is 0 Å². The molecule has 5 nitrogen and oxygen atoms in total. The quantitative estimate of drug-likeness (QED) is 0.929. The Morgan fingerprint density at radius 3 is 2.90 bits per heavy atom. The summed E-state index contributed by atoms with van der Waals surface area (Å²) >= 11 is 1.26. The molecule has 6 heteroatoms.